The molecular weight excluding hydrogens is 816 g/mol. The molecule has 0 spiro atoms. The van der Waals surface area contributed by atoms with Gasteiger partial charge in [0.1, 0.15) is 0 Å². The number of hydrogen-bond acceptors (Lipinski definition) is 0. The quantitative estimate of drug-likeness (QED) is 0.140. The molecule has 68 heavy (non-hydrogen) atoms. The van der Waals surface area contributed by atoms with Crippen molar-refractivity contribution in [1.29, 1.82) is 0 Å². The summed E-state index contributed by atoms with van der Waals surface area (Å²) < 4.78 is 0. The molecule has 1 atom stereocenters. The van der Waals surface area contributed by atoms with E-state index < -0.39 is 0 Å². The van der Waals surface area contributed by atoms with Crippen LogP contribution in [0.5, 0.6) is 0 Å². The molecule has 0 fully saturated rings. The third-order valence-electron chi connectivity index (χ3n) is 14.5. The second-order valence-electron chi connectivity index (χ2n) is 23.4. The molecule has 0 aromatic heterocycles. The summed E-state index contributed by atoms with van der Waals surface area (Å²) >= 11 is 0. The van der Waals surface area contributed by atoms with Gasteiger partial charge >= 0.3 is 344 Å². The molecule has 1 unspecified atom stereocenters. The molecule has 9 rings (SSSR count). The Labute approximate surface area is 409 Å². The normalized spacial score (nSPS) is 14.4. The number of rotatable bonds is 7. The van der Waals surface area contributed by atoms with Gasteiger partial charge in [0.2, 0.25) is 0 Å². The Balaban J connectivity index is 1.29. The van der Waals surface area contributed by atoms with E-state index in [2.05, 4.69) is 253 Å². The summed E-state index contributed by atoms with van der Waals surface area (Å²) in [6.45, 7) is 27.4. The predicted octanol–water partition coefficient (Wildman–Crippen LogP) is 17.9. The van der Waals surface area contributed by atoms with Crippen molar-refractivity contribution in [3.8, 4) is 44.5 Å². The van der Waals surface area contributed by atoms with Gasteiger partial charge in [0.05, 0.1) is 0 Å². The van der Waals surface area contributed by atoms with Crippen molar-refractivity contribution in [2.24, 2.45) is 0 Å². The first-order valence-corrected chi connectivity index (χ1v) is 24.7. The summed E-state index contributed by atoms with van der Waals surface area (Å²) in [5.74, 6) is 1.93. The van der Waals surface area contributed by atoms with Crippen molar-refractivity contribution in [3.05, 3.63) is 214 Å². The molecule has 8 aromatic rings. The molecule has 0 N–H and O–H groups in total. The Bertz CT molecular complexity index is 3180. The van der Waals surface area contributed by atoms with E-state index in [-0.39, 0.29) is 27.6 Å². The predicted molar refractivity (Wildman–Crippen MR) is 299 cm³/mol. The summed E-state index contributed by atoms with van der Waals surface area (Å²) in [5, 5.41) is 2.47. The van der Waals surface area contributed by atoms with Crippen LogP contribution in [0.2, 0.25) is 0 Å². The molecule has 339 valence electrons. The fourth-order valence-corrected chi connectivity index (χ4v) is 10.3. The summed E-state index contributed by atoms with van der Waals surface area (Å²) in [4.78, 5) is 0. The van der Waals surface area contributed by atoms with Crippen LogP contribution in [0.1, 0.15) is 139 Å². The van der Waals surface area contributed by atoms with E-state index >= 15 is 0 Å². The van der Waals surface area contributed by atoms with Crippen molar-refractivity contribution < 1.29 is 0 Å². The van der Waals surface area contributed by atoms with E-state index in [0.29, 0.717) is 0 Å². The first-order valence-electron chi connectivity index (χ1n) is 24.7. The molecule has 8 aromatic carbocycles. The van der Waals surface area contributed by atoms with Crippen molar-refractivity contribution in [1.82, 2.24) is 0 Å². The van der Waals surface area contributed by atoms with E-state index in [1.54, 1.807) is 0 Å². The van der Waals surface area contributed by atoms with E-state index in [4.69, 9.17) is 7.49 Å². The number of allylic oxidation sites excluding steroid dienone is 1. The molecule has 0 amide bonds. The van der Waals surface area contributed by atoms with Gasteiger partial charge in [0.15, 0.2) is 0 Å². The molecule has 1 aliphatic rings. The third-order valence-corrected chi connectivity index (χ3v) is 14.5. The topological polar surface area (TPSA) is 0 Å². The summed E-state index contributed by atoms with van der Waals surface area (Å²) in [5.41, 5.74) is 22.9. The second kappa shape index (κ2) is 17.7. The van der Waals surface area contributed by atoms with Crippen LogP contribution in [0.15, 0.2) is 164 Å². The van der Waals surface area contributed by atoms with Gasteiger partial charge in [0, 0.05) is 0 Å². The van der Waals surface area contributed by atoms with Crippen LogP contribution in [0, 0.1) is 0 Å². The Morgan fingerprint density at radius 1 is 0.412 bits per heavy atom. The molecule has 0 aliphatic heterocycles. The Hall–Kier alpha value is -6.31. The van der Waals surface area contributed by atoms with Crippen molar-refractivity contribution >= 4 is 35.9 Å². The summed E-state index contributed by atoms with van der Waals surface area (Å²) in [7, 11) is 6.73. The van der Waals surface area contributed by atoms with Crippen LogP contribution >= 0.6 is 0 Å². The Morgan fingerprint density at radius 2 is 0.809 bits per heavy atom. The van der Waals surface area contributed by atoms with E-state index in [0.717, 1.165) is 12.0 Å². The second-order valence-corrected chi connectivity index (χ2v) is 23.4. The van der Waals surface area contributed by atoms with Gasteiger partial charge in [-0.3, -0.25) is 0 Å². The zero-order valence-corrected chi connectivity index (χ0v) is 42.6. The molecule has 1 aliphatic carbocycles. The van der Waals surface area contributed by atoms with Crippen LogP contribution in [0.4, 0.5) is 0 Å². The SMILES string of the molecule is [B]=Cc1cc2cc(-c3ccccc3-c3ccc(C(C)(C)C)cc3)c(-c3ccc(C(C)(C)C)cc3)cc2c2c1C=C(c1ccccc1-c1ccc(C(C)(C)C)cc1)C(c1ccc(C(C)(C)C)cc1)C2. The average molecular weight is 884 g/mol. The van der Waals surface area contributed by atoms with Crippen molar-refractivity contribution in [3.63, 3.8) is 0 Å². The van der Waals surface area contributed by atoms with Crippen LogP contribution in [-0.4, -0.2) is 13.5 Å². The first-order chi connectivity index (χ1) is 32.2. The van der Waals surface area contributed by atoms with Crippen LogP contribution < -0.4 is 0 Å². The van der Waals surface area contributed by atoms with Crippen LogP contribution in [-0.2, 0) is 28.1 Å². The number of fused-ring (bicyclic) bond motifs is 3. The molecule has 0 saturated heterocycles. The Morgan fingerprint density at radius 3 is 1.25 bits per heavy atom. The summed E-state index contributed by atoms with van der Waals surface area (Å²) in [6, 6.07) is 62.4. The molecule has 1 radical (unpaired) electrons. The van der Waals surface area contributed by atoms with Gasteiger partial charge in [-0.05, 0) is 5.41 Å². The monoisotopic (exact) mass is 884 g/mol. The fraction of sp³-hybridized carbons (Fsp3) is 0.269. The molecule has 1 heteroatoms. The van der Waals surface area contributed by atoms with Crippen LogP contribution in [0.25, 0.3) is 66.9 Å². The average Bonchev–Trinajstić information content (AvgIpc) is 3.32. The fourth-order valence-electron chi connectivity index (χ4n) is 10.3. The van der Waals surface area contributed by atoms with Gasteiger partial charge in [0.25, 0.3) is 0 Å². The molecule has 0 saturated carbocycles. The molecule has 0 bridgehead atoms. The van der Waals surface area contributed by atoms with Gasteiger partial charge in [-0.15, -0.1) is 0 Å². The molecule has 0 heterocycles. The zero-order valence-electron chi connectivity index (χ0n) is 42.6. The van der Waals surface area contributed by atoms with Gasteiger partial charge in [-0.1, -0.05) is 62.3 Å². The summed E-state index contributed by atoms with van der Waals surface area (Å²) in [6.07, 6.45) is 3.31. The maximum absolute atomic E-state index is 6.73. The first kappa shape index (κ1) is 46.8. The van der Waals surface area contributed by atoms with Crippen molar-refractivity contribution in [2.75, 3.05) is 0 Å². The Kier molecular flexibility index (Phi) is 12.1. The van der Waals surface area contributed by atoms with E-state index in [1.165, 1.54) is 105 Å². The van der Waals surface area contributed by atoms with Crippen LogP contribution in [0.3, 0.4) is 0 Å². The minimum absolute atomic E-state index is 0.0450. The third kappa shape index (κ3) is 9.18. The molecular formula is C67H68B. The van der Waals surface area contributed by atoms with Gasteiger partial charge in [-0.2, -0.15) is 0 Å². The number of hydrogen-bond donors (Lipinski definition) is 0. The molecule has 0 nitrogen and oxygen atoms in total. The minimum atomic E-state index is 0.0450. The maximum atomic E-state index is 6.73. The van der Waals surface area contributed by atoms with Gasteiger partial charge < -0.3 is 0 Å². The number of benzene rings is 8. The van der Waals surface area contributed by atoms with E-state index in [1.807, 2.05) is 5.97 Å². The standard InChI is InChI=1S/C67H68B/c1-64(2,3)49-29-21-43(22-30-49)53-17-13-15-19-55(53)61-38-47-37-48(42-68)60-41-62(56-20-16-14-18-54(56)44-23-31-50(32-24-44)65(4,5)6)58(46-27-35-52(36-28-46)67(10,11)12)40-63(60)59(47)39-57(61)45-25-33-51(34-26-45)66(7,8)9/h13-39,41-42,58H,40H2,1-12H3. The van der Waals surface area contributed by atoms with Gasteiger partial charge in [-0.25, -0.2) is 0 Å². The van der Waals surface area contributed by atoms with Crippen molar-refractivity contribution in [2.45, 2.75) is 117 Å². The zero-order chi connectivity index (χ0) is 48.3. The van der Waals surface area contributed by atoms with E-state index in [9.17, 15) is 0 Å².